The van der Waals surface area contributed by atoms with Gasteiger partial charge in [0.25, 0.3) is 5.91 Å². The summed E-state index contributed by atoms with van der Waals surface area (Å²) >= 11 is 0. The first-order valence-corrected chi connectivity index (χ1v) is 8.42. The summed E-state index contributed by atoms with van der Waals surface area (Å²) in [4.78, 5) is 25.2. The van der Waals surface area contributed by atoms with Crippen LogP contribution in [0.25, 0.3) is 0 Å². The van der Waals surface area contributed by atoms with E-state index in [0.717, 1.165) is 12.8 Å². The normalized spacial score (nSPS) is 20.0. The Kier molecular flexibility index (Phi) is 6.00. The number of halogens is 1. The molecular weight excluding hydrogens is 327 g/mol. The van der Waals surface area contributed by atoms with Crippen LogP contribution < -0.4 is 10.1 Å². The van der Waals surface area contributed by atoms with Crippen LogP contribution in [0.4, 0.5) is 4.39 Å². The van der Waals surface area contributed by atoms with Crippen molar-refractivity contribution in [2.45, 2.75) is 51.3 Å². The van der Waals surface area contributed by atoms with Crippen molar-refractivity contribution in [1.29, 1.82) is 0 Å². The molecule has 1 amide bonds. The van der Waals surface area contributed by atoms with E-state index < -0.39 is 11.6 Å². The molecule has 1 aromatic rings. The zero-order valence-electron chi connectivity index (χ0n) is 14.8. The van der Waals surface area contributed by atoms with E-state index in [9.17, 15) is 14.0 Å². The van der Waals surface area contributed by atoms with Gasteiger partial charge in [0.15, 0.2) is 5.60 Å². The van der Waals surface area contributed by atoms with Gasteiger partial charge in [0.2, 0.25) is 0 Å². The average Bonchev–Trinajstić information content (AvgIpc) is 2.50. The van der Waals surface area contributed by atoms with Gasteiger partial charge < -0.3 is 15.2 Å². The van der Waals surface area contributed by atoms with Crippen LogP contribution in [0.5, 0.6) is 5.75 Å². The zero-order chi connectivity index (χ0) is 18.6. The highest BCUT2D eigenvalue weighted by Crippen LogP contribution is 2.27. The molecule has 1 fully saturated rings. The van der Waals surface area contributed by atoms with Gasteiger partial charge in [-0.25, -0.2) is 4.39 Å². The summed E-state index contributed by atoms with van der Waals surface area (Å²) in [5.41, 5.74) is -1.09. The molecule has 0 radical (unpaired) electrons. The number of likely N-dealkylation sites (N-methyl/N-ethyl adjacent to an activating group) is 1. The Balaban J connectivity index is 1.83. The van der Waals surface area contributed by atoms with Crippen LogP contribution in [-0.4, -0.2) is 52.7 Å². The predicted molar refractivity (Wildman–Crippen MR) is 90.9 cm³/mol. The van der Waals surface area contributed by atoms with E-state index in [0.29, 0.717) is 12.3 Å². The van der Waals surface area contributed by atoms with E-state index in [1.807, 2.05) is 11.8 Å². The lowest BCUT2D eigenvalue weighted by atomic mass is 9.85. The van der Waals surface area contributed by atoms with Crippen molar-refractivity contribution in [3.05, 3.63) is 30.1 Å². The van der Waals surface area contributed by atoms with Crippen LogP contribution >= 0.6 is 0 Å². The lowest BCUT2D eigenvalue weighted by molar-refractivity contribution is -0.140. The number of carbonyl (C=O) groups is 2. The minimum absolute atomic E-state index is 0.0106. The number of nitrogens with one attached hydrogen (secondary N) is 1. The fourth-order valence-electron chi connectivity index (χ4n) is 2.88. The Morgan fingerprint density at radius 1 is 1.32 bits per heavy atom. The highest BCUT2D eigenvalue weighted by Gasteiger charge is 2.38. The number of hydrogen-bond acceptors (Lipinski definition) is 4. The minimum atomic E-state index is -1.09. The maximum atomic E-state index is 12.9. The van der Waals surface area contributed by atoms with Crippen LogP contribution in [0.3, 0.4) is 0 Å². The van der Waals surface area contributed by atoms with Crippen LogP contribution in [-0.2, 0) is 9.59 Å². The summed E-state index contributed by atoms with van der Waals surface area (Å²) in [6.07, 6.45) is 1.44. The molecule has 1 saturated carbocycles. The average molecular weight is 352 g/mol. The third-order valence-electron chi connectivity index (χ3n) is 4.44. The molecule has 0 aliphatic heterocycles. The minimum Gasteiger partial charge on any atom is -0.480 e. The molecule has 0 saturated heterocycles. The summed E-state index contributed by atoms with van der Waals surface area (Å²) < 4.78 is 18.6. The van der Waals surface area contributed by atoms with Crippen LogP contribution in [0.15, 0.2) is 24.3 Å². The standard InChI is InChI=1S/C18H25FN2O4/c1-4-21(11-16(22)23)14-9-13(10-14)20-17(24)18(2,3)25-15-7-5-12(19)6-8-15/h5-8,13-14H,4,9-11H2,1-3H3,(H,20,24)(H,22,23). The number of amides is 1. The topological polar surface area (TPSA) is 78.9 Å². The second-order valence-electron chi connectivity index (χ2n) is 6.82. The van der Waals surface area contributed by atoms with E-state index in [-0.39, 0.29) is 30.4 Å². The summed E-state index contributed by atoms with van der Waals surface area (Å²) in [7, 11) is 0. The number of rotatable bonds is 8. The van der Waals surface area contributed by atoms with Crippen molar-refractivity contribution >= 4 is 11.9 Å². The Bertz CT molecular complexity index is 612. The van der Waals surface area contributed by atoms with E-state index in [4.69, 9.17) is 9.84 Å². The summed E-state index contributed by atoms with van der Waals surface area (Å²) in [6, 6.07) is 5.70. The third kappa shape index (κ3) is 5.16. The molecule has 25 heavy (non-hydrogen) atoms. The second kappa shape index (κ2) is 7.82. The highest BCUT2D eigenvalue weighted by atomic mass is 19.1. The molecule has 0 aromatic heterocycles. The highest BCUT2D eigenvalue weighted by molar-refractivity contribution is 5.85. The van der Waals surface area contributed by atoms with Gasteiger partial charge in [0.05, 0.1) is 6.54 Å². The Hall–Kier alpha value is -2.15. The van der Waals surface area contributed by atoms with Gasteiger partial charge in [-0.2, -0.15) is 0 Å². The van der Waals surface area contributed by atoms with Gasteiger partial charge in [0.1, 0.15) is 11.6 Å². The molecule has 1 aliphatic rings. The Labute approximate surface area is 147 Å². The molecule has 0 heterocycles. The summed E-state index contributed by atoms with van der Waals surface area (Å²) in [6.45, 7) is 5.92. The molecular formula is C18H25FN2O4. The maximum absolute atomic E-state index is 12.9. The Morgan fingerprint density at radius 2 is 1.92 bits per heavy atom. The smallest absolute Gasteiger partial charge is 0.317 e. The van der Waals surface area contributed by atoms with Crippen molar-refractivity contribution in [2.24, 2.45) is 0 Å². The first kappa shape index (κ1) is 19.2. The molecule has 0 unspecified atom stereocenters. The number of carboxylic acids is 1. The van der Waals surface area contributed by atoms with Gasteiger partial charge in [0, 0.05) is 12.1 Å². The predicted octanol–water partition coefficient (Wildman–Crippen LogP) is 2.04. The number of nitrogens with zero attached hydrogens (tertiary/aromatic N) is 1. The monoisotopic (exact) mass is 352 g/mol. The van der Waals surface area contributed by atoms with Crippen molar-refractivity contribution in [3.63, 3.8) is 0 Å². The molecule has 138 valence electrons. The fraction of sp³-hybridized carbons (Fsp3) is 0.556. The van der Waals surface area contributed by atoms with Gasteiger partial charge in [-0.1, -0.05) is 6.92 Å². The molecule has 2 rings (SSSR count). The number of benzene rings is 1. The maximum Gasteiger partial charge on any atom is 0.317 e. The number of carboxylic acid groups (broad SMARTS) is 1. The van der Waals surface area contributed by atoms with Gasteiger partial charge in [-0.05, 0) is 57.5 Å². The summed E-state index contributed by atoms with van der Waals surface area (Å²) in [5.74, 6) is -1.03. The van der Waals surface area contributed by atoms with Crippen LogP contribution in [0.2, 0.25) is 0 Å². The lowest BCUT2D eigenvalue weighted by Crippen LogP contribution is -2.58. The molecule has 0 spiro atoms. The van der Waals surface area contributed by atoms with E-state index in [1.54, 1.807) is 13.8 Å². The van der Waals surface area contributed by atoms with Crippen molar-refractivity contribution < 1.29 is 23.8 Å². The van der Waals surface area contributed by atoms with E-state index in [1.165, 1.54) is 24.3 Å². The molecule has 0 bridgehead atoms. The number of hydrogen-bond donors (Lipinski definition) is 2. The van der Waals surface area contributed by atoms with Crippen LogP contribution in [0, 0.1) is 5.82 Å². The van der Waals surface area contributed by atoms with E-state index >= 15 is 0 Å². The number of carbonyl (C=O) groups excluding carboxylic acids is 1. The molecule has 7 heteroatoms. The third-order valence-corrected chi connectivity index (χ3v) is 4.44. The lowest BCUT2D eigenvalue weighted by Gasteiger charge is -2.43. The molecule has 1 aromatic carbocycles. The SMILES string of the molecule is CCN(CC(=O)O)C1CC(NC(=O)C(C)(C)Oc2ccc(F)cc2)C1. The number of aliphatic carboxylic acids is 1. The summed E-state index contributed by atoms with van der Waals surface area (Å²) in [5, 5.41) is 11.8. The largest absolute Gasteiger partial charge is 0.480 e. The quantitative estimate of drug-likeness (QED) is 0.748. The van der Waals surface area contributed by atoms with Crippen LogP contribution in [0.1, 0.15) is 33.6 Å². The first-order chi connectivity index (χ1) is 11.7. The molecule has 0 atom stereocenters. The van der Waals surface area contributed by atoms with Gasteiger partial charge in [-0.3, -0.25) is 14.5 Å². The number of ether oxygens (including phenoxy) is 1. The van der Waals surface area contributed by atoms with Gasteiger partial charge in [-0.15, -0.1) is 0 Å². The first-order valence-electron chi connectivity index (χ1n) is 8.42. The van der Waals surface area contributed by atoms with E-state index in [2.05, 4.69) is 5.32 Å². The Morgan fingerprint density at radius 3 is 2.44 bits per heavy atom. The van der Waals surface area contributed by atoms with Crippen molar-refractivity contribution in [1.82, 2.24) is 10.2 Å². The van der Waals surface area contributed by atoms with Crippen molar-refractivity contribution in [2.75, 3.05) is 13.1 Å². The fourth-order valence-corrected chi connectivity index (χ4v) is 2.88. The molecule has 6 nitrogen and oxygen atoms in total. The molecule has 2 N–H and O–H groups in total. The molecule has 1 aliphatic carbocycles. The van der Waals surface area contributed by atoms with Gasteiger partial charge >= 0.3 is 5.97 Å². The zero-order valence-corrected chi connectivity index (χ0v) is 14.8. The van der Waals surface area contributed by atoms with Crippen molar-refractivity contribution in [3.8, 4) is 5.75 Å². The second-order valence-corrected chi connectivity index (χ2v) is 6.82.